The lowest BCUT2D eigenvalue weighted by Gasteiger charge is -2.23. The second-order valence-electron chi connectivity index (χ2n) is 5.03. The van der Waals surface area contributed by atoms with Crippen molar-refractivity contribution in [3.05, 3.63) is 29.8 Å². The molecule has 130 valence electrons. The Morgan fingerprint density at radius 1 is 1.42 bits per heavy atom. The van der Waals surface area contributed by atoms with Crippen molar-refractivity contribution in [2.75, 3.05) is 26.0 Å². The summed E-state index contributed by atoms with van der Waals surface area (Å²) >= 11 is 1.42. The largest absolute Gasteiger partial charge is 0.496 e. The first-order chi connectivity index (χ1) is 11.7. The number of rotatable bonds is 9. The summed E-state index contributed by atoms with van der Waals surface area (Å²) in [5, 5.41) is 21.1. The average molecular weight is 351 g/mol. The van der Waals surface area contributed by atoms with Crippen LogP contribution in [0.4, 0.5) is 0 Å². The van der Waals surface area contributed by atoms with E-state index in [1.165, 1.54) is 11.8 Å². The number of ether oxygens (including phenoxy) is 1. The lowest BCUT2D eigenvalue weighted by atomic mass is 10.2. The minimum Gasteiger partial charge on any atom is -0.496 e. The van der Waals surface area contributed by atoms with Crippen LogP contribution in [0.15, 0.2) is 29.4 Å². The number of amides is 1. The van der Waals surface area contributed by atoms with E-state index in [0.29, 0.717) is 23.9 Å². The highest BCUT2D eigenvalue weighted by atomic mass is 32.2. The number of aryl methyl sites for hydroxylation is 1. The zero-order chi connectivity index (χ0) is 17.4. The summed E-state index contributed by atoms with van der Waals surface area (Å²) in [5.41, 5.74) is 0.909. The summed E-state index contributed by atoms with van der Waals surface area (Å²) in [4.78, 5) is 14.1. The van der Waals surface area contributed by atoms with Crippen molar-refractivity contribution < 1.29 is 14.6 Å². The van der Waals surface area contributed by atoms with Crippen LogP contribution in [-0.2, 0) is 18.4 Å². The van der Waals surface area contributed by atoms with E-state index in [9.17, 15) is 9.90 Å². The fourth-order valence-electron chi connectivity index (χ4n) is 2.18. The minimum atomic E-state index is -0.0821. The minimum absolute atomic E-state index is 0.0300. The van der Waals surface area contributed by atoms with Crippen molar-refractivity contribution in [1.29, 1.82) is 0 Å². The van der Waals surface area contributed by atoms with Crippen molar-refractivity contribution in [2.24, 2.45) is 7.05 Å². The summed E-state index contributed by atoms with van der Waals surface area (Å²) in [6.45, 7) is 0.605. The number of benzene rings is 1. The highest BCUT2D eigenvalue weighted by Gasteiger charge is 2.16. The predicted molar refractivity (Wildman–Crippen MR) is 89.6 cm³/mol. The summed E-state index contributed by atoms with van der Waals surface area (Å²) in [6, 6.07) is 7.55. The molecule has 2 rings (SSSR count). The molecule has 1 heterocycles. The van der Waals surface area contributed by atoms with Gasteiger partial charge < -0.3 is 14.7 Å². The topological polar surface area (TPSA) is 93.4 Å². The monoisotopic (exact) mass is 351 g/mol. The number of carbonyl (C=O) groups excluding carboxylic acids is 1. The van der Waals surface area contributed by atoms with E-state index in [1.807, 2.05) is 24.3 Å². The van der Waals surface area contributed by atoms with Gasteiger partial charge in [0.15, 0.2) is 0 Å². The van der Waals surface area contributed by atoms with Gasteiger partial charge in [-0.15, -0.1) is 5.10 Å². The van der Waals surface area contributed by atoms with Crippen molar-refractivity contribution in [3.63, 3.8) is 0 Å². The van der Waals surface area contributed by atoms with Crippen LogP contribution < -0.4 is 4.74 Å². The number of hydrogen-bond donors (Lipinski definition) is 1. The zero-order valence-electron chi connectivity index (χ0n) is 13.8. The molecule has 2 aromatic rings. The molecule has 24 heavy (non-hydrogen) atoms. The van der Waals surface area contributed by atoms with Gasteiger partial charge in [-0.25, -0.2) is 4.68 Å². The first-order valence-corrected chi connectivity index (χ1v) is 8.50. The predicted octanol–water partition coefficient (Wildman–Crippen LogP) is 0.722. The molecule has 0 bridgehead atoms. The number of nitrogens with zero attached hydrogens (tertiary/aromatic N) is 5. The molecule has 0 unspecified atom stereocenters. The number of aromatic nitrogens is 4. The van der Waals surface area contributed by atoms with E-state index < -0.39 is 0 Å². The third-order valence-corrected chi connectivity index (χ3v) is 4.42. The molecule has 1 amide bonds. The van der Waals surface area contributed by atoms with Crippen LogP contribution in [0, 0.1) is 0 Å². The van der Waals surface area contributed by atoms with E-state index in [1.54, 1.807) is 23.7 Å². The Labute approximate surface area is 144 Å². The number of carbonyl (C=O) groups is 1. The number of hydrogen-bond acceptors (Lipinski definition) is 7. The van der Waals surface area contributed by atoms with Gasteiger partial charge in [-0.2, -0.15) is 0 Å². The maximum absolute atomic E-state index is 12.5. The SMILES string of the molecule is COc1ccccc1CN(CCO)C(=O)CCSc1nnnn1C. The Kier molecular flexibility index (Phi) is 7.01. The first-order valence-electron chi connectivity index (χ1n) is 7.51. The summed E-state index contributed by atoms with van der Waals surface area (Å²) in [6.07, 6.45) is 0.340. The molecule has 9 heteroatoms. The molecule has 0 saturated carbocycles. The second-order valence-corrected chi connectivity index (χ2v) is 6.10. The van der Waals surface area contributed by atoms with Gasteiger partial charge in [0.2, 0.25) is 11.1 Å². The van der Waals surface area contributed by atoms with Gasteiger partial charge in [0.25, 0.3) is 0 Å². The Hall–Kier alpha value is -2.13. The number of aliphatic hydroxyl groups excluding tert-OH is 1. The maximum Gasteiger partial charge on any atom is 0.223 e. The Balaban J connectivity index is 1.93. The number of para-hydroxylation sites is 1. The molecule has 8 nitrogen and oxygen atoms in total. The lowest BCUT2D eigenvalue weighted by molar-refractivity contribution is -0.131. The molecule has 1 aromatic carbocycles. The van der Waals surface area contributed by atoms with Gasteiger partial charge in [-0.1, -0.05) is 30.0 Å². The van der Waals surface area contributed by atoms with E-state index in [-0.39, 0.29) is 19.1 Å². The third kappa shape index (κ3) is 4.93. The van der Waals surface area contributed by atoms with Crippen molar-refractivity contribution in [2.45, 2.75) is 18.1 Å². The van der Waals surface area contributed by atoms with Gasteiger partial charge in [0.05, 0.1) is 13.7 Å². The molecule has 0 aliphatic rings. The van der Waals surface area contributed by atoms with E-state index in [4.69, 9.17) is 4.74 Å². The zero-order valence-corrected chi connectivity index (χ0v) is 14.6. The summed E-state index contributed by atoms with van der Waals surface area (Å²) in [7, 11) is 3.35. The molecule has 1 aromatic heterocycles. The third-order valence-electron chi connectivity index (χ3n) is 3.40. The van der Waals surface area contributed by atoms with Crippen molar-refractivity contribution in [3.8, 4) is 5.75 Å². The number of thioether (sulfide) groups is 1. The molecule has 0 fully saturated rings. The standard InChI is InChI=1S/C15H21N5O3S/c1-19-15(16-17-18-19)24-10-7-14(22)20(8-9-21)11-12-5-3-4-6-13(12)23-2/h3-6,21H,7-11H2,1-2H3. The number of aliphatic hydroxyl groups is 1. The Morgan fingerprint density at radius 3 is 2.88 bits per heavy atom. The summed E-state index contributed by atoms with van der Waals surface area (Å²) < 4.78 is 6.88. The van der Waals surface area contributed by atoms with Crippen molar-refractivity contribution >= 4 is 17.7 Å². The lowest BCUT2D eigenvalue weighted by Crippen LogP contribution is -2.33. The van der Waals surface area contributed by atoms with E-state index in [0.717, 1.165) is 11.3 Å². The van der Waals surface area contributed by atoms with E-state index in [2.05, 4.69) is 15.5 Å². The van der Waals surface area contributed by atoms with Crippen LogP contribution in [0.3, 0.4) is 0 Å². The van der Waals surface area contributed by atoms with Crippen LogP contribution in [-0.4, -0.2) is 62.1 Å². The number of tetrazole rings is 1. The van der Waals surface area contributed by atoms with Crippen LogP contribution in [0.2, 0.25) is 0 Å². The van der Waals surface area contributed by atoms with Crippen molar-refractivity contribution in [1.82, 2.24) is 25.1 Å². The van der Waals surface area contributed by atoms with Gasteiger partial charge >= 0.3 is 0 Å². The molecule has 1 N–H and O–H groups in total. The van der Waals surface area contributed by atoms with Crippen LogP contribution in [0.1, 0.15) is 12.0 Å². The fourth-order valence-corrected chi connectivity index (χ4v) is 2.96. The van der Waals surface area contributed by atoms with Gasteiger partial charge in [0, 0.05) is 37.9 Å². The number of methoxy groups -OCH3 is 1. The molecule has 0 saturated heterocycles. The summed E-state index contributed by atoms with van der Waals surface area (Å²) in [5.74, 6) is 1.27. The second kappa shape index (κ2) is 9.24. The van der Waals surface area contributed by atoms with Gasteiger partial charge in [-0.05, 0) is 16.5 Å². The van der Waals surface area contributed by atoms with Crippen LogP contribution >= 0.6 is 11.8 Å². The smallest absolute Gasteiger partial charge is 0.223 e. The van der Waals surface area contributed by atoms with Crippen LogP contribution in [0.25, 0.3) is 0 Å². The molecular formula is C15H21N5O3S. The van der Waals surface area contributed by atoms with E-state index >= 15 is 0 Å². The molecule has 0 spiro atoms. The van der Waals surface area contributed by atoms with Gasteiger partial charge in [-0.3, -0.25) is 4.79 Å². The maximum atomic E-state index is 12.5. The molecule has 0 radical (unpaired) electrons. The fraction of sp³-hybridized carbons (Fsp3) is 0.467. The average Bonchev–Trinajstić information content (AvgIpc) is 3.00. The normalized spacial score (nSPS) is 10.6. The Morgan fingerprint density at radius 2 is 2.21 bits per heavy atom. The quantitative estimate of drug-likeness (QED) is 0.665. The van der Waals surface area contributed by atoms with Crippen LogP contribution in [0.5, 0.6) is 5.75 Å². The molecular weight excluding hydrogens is 330 g/mol. The van der Waals surface area contributed by atoms with Gasteiger partial charge in [0.1, 0.15) is 5.75 Å². The Bertz CT molecular complexity index is 664. The molecule has 0 aliphatic heterocycles. The first kappa shape index (κ1) is 18.2. The molecule has 0 aliphatic carbocycles. The highest BCUT2D eigenvalue weighted by molar-refractivity contribution is 7.99. The molecule has 0 atom stereocenters. The highest BCUT2D eigenvalue weighted by Crippen LogP contribution is 2.20.